The van der Waals surface area contributed by atoms with Gasteiger partial charge in [-0.05, 0) is 12.8 Å². The molecule has 0 N–H and O–H groups in total. The molecule has 20 heavy (non-hydrogen) atoms. The fourth-order valence-electron chi connectivity index (χ4n) is 2.86. The summed E-state index contributed by atoms with van der Waals surface area (Å²) in [6, 6.07) is -0.282. The van der Waals surface area contributed by atoms with Gasteiger partial charge in [-0.25, -0.2) is 0 Å². The molecule has 1 heterocycles. The van der Waals surface area contributed by atoms with Crippen LogP contribution < -0.4 is 0 Å². The van der Waals surface area contributed by atoms with Crippen molar-refractivity contribution in [1.82, 2.24) is 9.80 Å². The lowest BCUT2D eigenvalue weighted by molar-refractivity contribution is -0.145. The first-order valence-corrected chi connectivity index (χ1v) is 8.42. The van der Waals surface area contributed by atoms with Crippen LogP contribution in [0, 0.1) is 5.92 Å². The van der Waals surface area contributed by atoms with E-state index in [0.717, 1.165) is 25.7 Å². The summed E-state index contributed by atoms with van der Waals surface area (Å²) < 4.78 is 5.00. The summed E-state index contributed by atoms with van der Waals surface area (Å²) >= 11 is 1.67. The van der Waals surface area contributed by atoms with Crippen molar-refractivity contribution in [2.24, 2.45) is 5.92 Å². The quantitative estimate of drug-likeness (QED) is 0.765. The minimum atomic E-state index is -0.282. The Morgan fingerprint density at radius 3 is 2.70 bits per heavy atom. The first-order chi connectivity index (χ1) is 9.65. The van der Waals surface area contributed by atoms with E-state index in [2.05, 4.69) is 0 Å². The molecule has 5 nitrogen and oxygen atoms in total. The van der Waals surface area contributed by atoms with Crippen LogP contribution in [0.25, 0.3) is 0 Å². The molecule has 0 aromatic rings. The number of hydrogen-bond donors (Lipinski definition) is 0. The van der Waals surface area contributed by atoms with Crippen molar-refractivity contribution in [3.8, 4) is 0 Å². The number of nitrogens with zero attached hydrogens (tertiary/aromatic N) is 2. The van der Waals surface area contributed by atoms with Crippen LogP contribution >= 0.6 is 11.8 Å². The lowest BCUT2D eigenvalue weighted by Gasteiger charge is -2.29. The van der Waals surface area contributed by atoms with Gasteiger partial charge in [-0.15, -0.1) is 11.8 Å². The third kappa shape index (κ3) is 3.47. The molecular weight excluding hydrogens is 276 g/mol. The summed E-state index contributed by atoms with van der Waals surface area (Å²) in [5.74, 6) is 1.75. The van der Waals surface area contributed by atoms with Gasteiger partial charge in [0, 0.05) is 32.4 Å². The van der Waals surface area contributed by atoms with Crippen molar-refractivity contribution in [2.45, 2.75) is 31.7 Å². The van der Waals surface area contributed by atoms with Crippen LogP contribution in [0.1, 0.15) is 25.7 Å². The van der Waals surface area contributed by atoms with Gasteiger partial charge in [0.2, 0.25) is 11.8 Å². The van der Waals surface area contributed by atoms with Gasteiger partial charge in [-0.2, -0.15) is 0 Å². The summed E-state index contributed by atoms with van der Waals surface area (Å²) in [5.41, 5.74) is 0. The molecule has 2 rings (SSSR count). The maximum absolute atomic E-state index is 12.5. The van der Waals surface area contributed by atoms with Crippen molar-refractivity contribution < 1.29 is 14.3 Å². The third-order valence-electron chi connectivity index (χ3n) is 4.16. The number of ether oxygens (including phenoxy) is 1. The summed E-state index contributed by atoms with van der Waals surface area (Å²) in [6.07, 6.45) is 4.26. The normalized spacial score (nSPS) is 23.3. The van der Waals surface area contributed by atoms with E-state index in [4.69, 9.17) is 4.74 Å². The van der Waals surface area contributed by atoms with Crippen LogP contribution in [0.5, 0.6) is 0 Å². The maximum Gasteiger partial charge on any atom is 0.246 e. The molecule has 2 aliphatic rings. The molecule has 0 bridgehead atoms. The Hall–Kier alpha value is -0.750. The maximum atomic E-state index is 12.5. The highest BCUT2D eigenvalue weighted by atomic mass is 32.2. The fourth-order valence-corrected chi connectivity index (χ4v) is 4.02. The van der Waals surface area contributed by atoms with E-state index < -0.39 is 0 Å². The molecule has 0 radical (unpaired) electrons. The van der Waals surface area contributed by atoms with E-state index >= 15 is 0 Å². The second kappa shape index (κ2) is 7.31. The monoisotopic (exact) mass is 300 g/mol. The zero-order valence-corrected chi connectivity index (χ0v) is 13.2. The zero-order chi connectivity index (χ0) is 14.5. The highest BCUT2D eigenvalue weighted by Gasteiger charge is 2.39. The number of carbonyl (C=O) groups excluding carboxylic acids is 2. The number of methoxy groups -OCH3 is 1. The van der Waals surface area contributed by atoms with Crippen molar-refractivity contribution in [3.63, 3.8) is 0 Å². The Morgan fingerprint density at radius 2 is 2.05 bits per heavy atom. The summed E-state index contributed by atoms with van der Waals surface area (Å²) in [6.45, 7) is 1.10. The molecule has 0 spiro atoms. The Bertz CT molecular complexity index is 358. The van der Waals surface area contributed by atoms with Crippen molar-refractivity contribution in [3.05, 3.63) is 0 Å². The van der Waals surface area contributed by atoms with Crippen molar-refractivity contribution in [1.29, 1.82) is 0 Å². The highest BCUT2D eigenvalue weighted by molar-refractivity contribution is 7.99. The zero-order valence-electron chi connectivity index (χ0n) is 12.3. The number of amides is 2. The molecule has 6 heteroatoms. The predicted molar refractivity (Wildman–Crippen MR) is 79.4 cm³/mol. The lowest BCUT2D eigenvalue weighted by atomic mass is 10.1. The molecular formula is C14H24N2O3S. The SMILES string of the molecule is COCCN(C)C(=O)C1CSCN1C(=O)C1CCCC1. The van der Waals surface area contributed by atoms with Gasteiger partial charge < -0.3 is 14.5 Å². The van der Waals surface area contributed by atoms with E-state index in [0.29, 0.717) is 24.8 Å². The fraction of sp³-hybridized carbons (Fsp3) is 0.857. The molecule has 0 aromatic heterocycles. The number of thioether (sulfide) groups is 1. The van der Waals surface area contributed by atoms with E-state index in [1.807, 2.05) is 0 Å². The van der Waals surface area contributed by atoms with Crippen LogP contribution in [-0.4, -0.2) is 66.6 Å². The van der Waals surface area contributed by atoms with Crippen molar-refractivity contribution in [2.75, 3.05) is 38.9 Å². The minimum Gasteiger partial charge on any atom is -0.383 e. The van der Waals surface area contributed by atoms with Gasteiger partial charge >= 0.3 is 0 Å². The van der Waals surface area contributed by atoms with Gasteiger partial charge in [0.05, 0.1) is 12.5 Å². The Kier molecular flexibility index (Phi) is 5.72. The average molecular weight is 300 g/mol. The molecule has 0 aromatic carbocycles. The molecule has 114 valence electrons. The highest BCUT2D eigenvalue weighted by Crippen LogP contribution is 2.31. The van der Waals surface area contributed by atoms with E-state index in [1.165, 1.54) is 0 Å². The van der Waals surface area contributed by atoms with Crippen LogP contribution in [0.2, 0.25) is 0 Å². The topological polar surface area (TPSA) is 49.9 Å². The van der Waals surface area contributed by atoms with Gasteiger partial charge in [0.25, 0.3) is 0 Å². The lowest BCUT2D eigenvalue weighted by Crippen LogP contribution is -2.49. The molecule has 1 saturated carbocycles. The summed E-state index contributed by atoms with van der Waals surface area (Å²) in [4.78, 5) is 28.4. The van der Waals surface area contributed by atoms with Gasteiger partial charge in [-0.3, -0.25) is 9.59 Å². The van der Waals surface area contributed by atoms with E-state index in [-0.39, 0.29) is 23.8 Å². The number of hydrogen-bond acceptors (Lipinski definition) is 4. The average Bonchev–Trinajstić information content (AvgIpc) is 3.13. The summed E-state index contributed by atoms with van der Waals surface area (Å²) in [5, 5.41) is 0. The first-order valence-electron chi connectivity index (χ1n) is 7.27. The van der Waals surface area contributed by atoms with E-state index in [1.54, 1.807) is 35.7 Å². The summed E-state index contributed by atoms with van der Waals surface area (Å²) in [7, 11) is 3.40. The molecule has 1 aliphatic heterocycles. The Labute approximate surface area is 125 Å². The van der Waals surface area contributed by atoms with Crippen molar-refractivity contribution >= 4 is 23.6 Å². The number of carbonyl (C=O) groups is 2. The van der Waals surface area contributed by atoms with Gasteiger partial charge in [0.1, 0.15) is 6.04 Å². The smallest absolute Gasteiger partial charge is 0.246 e. The minimum absolute atomic E-state index is 0.0402. The predicted octanol–water partition coefficient (Wildman–Crippen LogP) is 1.18. The molecule has 2 amide bonds. The van der Waals surface area contributed by atoms with Gasteiger partial charge in [0.15, 0.2) is 0 Å². The second-order valence-corrected chi connectivity index (χ2v) is 6.56. The largest absolute Gasteiger partial charge is 0.383 e. The molecule has 1 unspecified atom stereocenters. The van der Waals surface area contributed by atoms with Crippen LogP contribution in [0.3, 0.4) is 0 Å². The molecule has 2 fully saturated rings. The number of likely N-dealkylation sites (N-methyl/N-ethyl adjacent to an activating group) is 1. The Balaban J connectivity index is 1.95. The van der Waals surface area contributed by atoms with Crippen LogP contribution in [-0.2, 0) is 14.3 Å². The third-order valence-corrected chi connectivity index (χ3v) is 5.17. The molecule has 1 saturated heterocycles. The Morgan fingerprint density at radius 1 is 1.35 bits per heavy atom. The molecule has 1 atom stereocenters. The standard InChI is InChI=1S/C14H24N2O3S/c1-15(7-8-19-2)14(18)12-9-20-10-16(12)13(17)11-5-3-4-6-11/h11-12H,3-10H2,1-2H3. The van der Waals surface area contributed by atoms with Crippen LogP contribution in [0.15, 0.2) is 0 Å². The van der Waals surface area contributed by atoms with E-state index in [9.17, 15) is 9.59 Å². The van der Waals surface area contributed by atoms with Gasteiger partial charge in [-0.1, -0.05) is 12.8 Å². The first kappa shape index (κ1) is 15.6. The second-order valence-electron chi connectivity index (χ2n) is 5.56. The number of rotatable bonds is 5. The van der Waals surface area contributed by atoms with Crippen LogP contribution in [0.4, 0.5) is 0 Å². The molecule has 1 aliphatic carbocycles.